The SMILES string of the molecule is CCOC(=O)c1ccc(N2CCCN(C(=O)Nc3ccc(C)cc3)CC2)nc1. The molecule has 1 fully saturated rings. The van der Waals surface area contributed by atoms with Gasteiger partial charge in [0.05, 0.1) is 12.2 Å². The second kappa shape index (κ2) is 9.21. The lowest BCUT2D eigenvalue weighted by atomic mass is 10.2. The summed E-state index contributed by atoms with van der Waals surface area (Å²) in [5, 5.41) is 2.95. The summed E-state index contributed by atoms with van der Waals surface area (Å²) in [6, 6.07) is 11.2. The van der Waals surface area contributed by atoms with Gasteiger partial charge in [0.15, 0.2) is 0 Å². The van der Waals surface area contributed by atoms with Crippen LogP contribution in [0.3, 0.4) is 0 Å². The number of ether oxygens (including phenoxy) is 1. The maximum absolute atomic E-state index is 12.6. The average Bonchev–Trinajstić information content (AvgIpc) is 2.96. The maximum atomic E-state index is 12.6. The van der Waals surface area contributed by atoms with Crippen LogP contribution in [0, 0.1) is 6.92 Å². The van der Waals surface area contributed by atoms with Crippen LogP contribution in [-0.2, 0) is 4.74 Å². The largest absolute Gasteiger partial charge is 0.462 e. The van der Waals surface area contributed by atoms with Gasteiger partial charge in [0.1, 0.15) is 5.82 Å². The Bertz CT molecular complexity index is 805. The Balaban J connectivity index is 1.57. The summed E-state index contributed by atoms with van der Waals surface area (Å²) < 4.78 is 4.99. The lowest BCUT2D eigenvalue weighted by Crippen LogP contribution is -2.38. The number of nitrogens with zero attached hydrogens (tertiary/aromatic N) is 3. The van der Waals surface area contributed by atoms with Crippen molar-refractivity contribution in [3.8, 4) is 0 Å². The predicted molar refractivity (Wildman–Crippen MR) is 109 cm³/mol. The fourth-order valence-electron chi connectivity index (χ4n) is 3.10. The van der Waals surface area contributed by atoms with Gasteiger partial charge in [-0.1, -0.05) is 17.7 Å². The predicted octanol–water partition coefficient (Wildman–Crippen LogP) is 3.31. The van der Waals surface area contributed by atoms with Crippen molar-refractivity contribution in [1.82, 2.24) is 9.88 Å². The summed E-state index contributed by atoms with van der Waals surface area (Å²) in [5.41, 5.74) is 2.40. The monoisotopic (exact) mass is 382 g/mol. The van der Waals surface area contributed by atoms with E-state index >= 15 is 0 Å². The first kappa shape index (κ1) is 19.7. The van der Waals surface area contributed by atoms with Crippen molar-refractivity contribution in [1.29, 1.82) is 0 Å². The Morgan fingerprint density at radius 3 is 2.54 bits per heavy atom. The number of rotatable bonds is 4. The zero-order valence-electron chi connectivity index (χ0n) is 16.4. The molecule has 7 heteroatoms. The molecule has 0 saturated carbocycles. The standard InChI is InChI=1S/C21H26N4O3/c1-3-28-20(26)17-7-10-19(22-15-17)24-11-4-12-25(14-13-24)21(27)23-18-8-5-16(2)6-9-18/h5-10,15H,3-4,11-14H2,1-2H3,(H,23,27). The molecule has 1 N–H and O–H groups in total. The summed E-state index contributed by atoms with van der Waals surface area (Å²) in [5.74, 6) is 0.435. The van der Waals surface area contributed by atoms with Crippen molar-refractivity contribution in [3.63, 3.8) is 0 Å². The minimum atomic E-state index is -0.364. The summed E-state index contributed by atoms with van der Waals surface area (Å²) in [6.07, 6.45) is 2.39. The minimum absolute atomic E-state index is 0.0867. The molecule has 2 amide bonds. The number of hydrogen-bond donors (Lipinski definition) is 1. The summed E-state index contributed by atoms with van der Waals surface area (Å²) in [6.45, 7) is 6.92. The van der Waals surface area contributed by atoms with E-state index in [-0.39, 0.29) is 12.0 Å². The molecular formula is C21H26N4O3. The molecule has 2 aromatic rings. The molecule has 0 unspecified atom stereocenters. The van der Waals surface area contributed by atoms with Crippen LogP contribution in [0.25, 0.3) is 0 Å². The molecule has 1 aromatic carbocycles. The summed E-state index contributed by atoms with van der Waals surface area (Å²) in [4.78, 5) is 32.7. The third kappa shape index (κ3) is 5.00. The Morgan fingerprint density at radius 1 is 1.07 bits per heavy atom. The number of pyridine rings is 1. The number of aryl methyl sites for hydroxylation is 1. The van der Waals surface area contributed by atoms with Crippen molar-refractivity contribution in [2.24, 2.45) is 0 Å². The second-order valence-electron chi connectivity index (χ2n) is 6.75. The van der Waals surface area contributed by atoms with Crippen molar-refractivity contribution in [2.45, 2.75) is 20.3 Å². The lowest BCUT2D eigenvalue weighted by Gasteiger charge is -2.23. The van der Waals surface area contributed by atoms with E-state index in [1.165, 1.54) is 0 Å². The highest BCUT2D eigenvalue weighted by molar-refractivity contribution is 5.90. The molecule has 3 rings (SSSR count). The number of aromatic nitrogens is 1. The van der Waals surface area contributed by atoms with Crippen LogP contribution in [0.2, 0.25) is 0 Å². The number of carbonyl (C=O) groups is 2. The zero-order chi connectivity index (χ0) is 19.9. The van der Waals surface area contributed by atoms with Gasteiger partial charge in [-0.3, -0.25) is 0 Å². The van der Waals surface area contributed by atoms with Gasteiger partial charge in [-0.25, -0.2) is 14.6 Å². The zero-order valence-corrected chi connectivity index (χ0v) is 16.4. The number of urea groups is 1. The molecular weight excluding hydrogens is 356 g/mol. The molecule has 0 spiro atoms. The van der Waals surface area contributed by atoms with Crippen molar-refractivity contribution >= 4 is 23.5 Å². The molecule has 1 aromatic heterocycles. The number of nitrogens with one attached hydrogen (secondary N) is 1. The van der Waals surface area contributed by atoms with Gasteiger partial charge in [0, 0.05) is 38.1 Å². The molecule has 0 radical (unpaired) electrons. The maximum Gasteiger partial charge on any atom is 0.339 e. The van der Waals surface area contributed by atoms with Crippen LogP contribution in [-0.4, -0.2) is 54.7 Å². The number of amides is 2. The molecule has 0 atom stereocenters. The molecule has 7 nitrogen and oxygen atoms in total. The summed E-state index contributed by atoms with van der Waals surface area (Å²) in [7, 11) is 0. The Kier molecular flexibility index (Phi) is 6.47. The average molecular weight is 382 g/mol. The first-order chi connectivity index (χ1) is 13.6. The van der Waals surface area contributed by atoms with Gasteiger partial charge in [0.2, 0.25) is 0 Å². The van der Waals surface area contributed by atoms with Gasteiger partial charge >= 0.3 is 12.0 Å². The van der Waals surface area contributed by atoms with Crippen LogP contribution < -0.4 is 10.2 Å². The van der Waals surface area contributed by atoms with Crippen LogP contribution in [0.15, 0.2) is 42.6 Å². The number of anilines is 2. The van der Waals surface area contributed by atoms with Crippen molar-refractivity contribution < 1.29 is 14.3 Å². The topological polar surface area (TPSA) is 74.8 Å². The quantitative estimate of drug-likeness (QED) is 0.821. The van der Waals surface area contributed by atoms with Crippen molar-refractivity contribution in [3.05, 3.63) is 53.7 Å². The van der Waals surface area contributed by atoms with E-state index in [1.54, 1.807) is 19.2 Å². The molecule has 2 heterocycles. The number of esters is 1. The first-order valence-electron chi connectivity index (χ1n) is 9.57. The Labute approximate surface area is 165 Å². The van der Waals surface area contributed by atoms with E-state index in [0.717, 1.165) is 30.0 Å². The van der Waals surface area contributed by atoms with Crippen LogP contribution in [0.4, 0.5) is 16.3 Å². The third-order valence-corrected chi connectivity index (χ3v) is 4.67. The van der Waals surface area contributed by atoms with Crippen LogP contribution >= 0.6 is 0 Å². The van der Waals surface area contributed by atoms with Gasteiger partial charge in [-0.15, -0.1) is 0 Å². The van der Waals surface area contributed by atoms with E-state index in [0.29, 0.717) is 31.8 Å². The van der Waals surface area contributed by atoms with E-state index in [2.05, 4.69) is 15.2 Å². The number of carbonyl (C=O) groups excluding carboxylic acids is 2. The Morgan fingerprint density at radius 2 is 1.86 bits per heavy atom. The third-order valence-electron chi connectivity index (χ3n) is 4.67. The Hall–Kier alpha value is -3.09. The van der Waals surface area contributed by atoms with Gasteiger partial charge in [0.25, 0.3) is 0 Å². The molecule has 1 aliphatic rings. The van der Waals surface area contributed by atoms with Crippen LogP contribution in [0.1, 0.15) is 29.3 Å². The molecule has 0 bridgehead atoms. The first-order valence-corrected chi connectivity index (χ1v) is 9.57. The second-order valence-corrected chi connectivity index (χ2v) is 6.75. The summed E-state index contributed by atoms with van der Waals surface area (Å²) >= 11 is 0. The molecule has 0 aliphatic carbocycles. The smallest absolute Gasteiger partial charge is 0.339 e. The highest BCUT2D eigenvalue weighted by Gasteiger charge is 2.20. The molecule has 1 aliphatic heterocycles. The normalized spacial score (nSPS) is 14.4. The highest BCUT2D eigenvalue weighted by atomic mass is 16.5. The van der Waals surface area contributed by atoms with Gasteiger partial charge in [-0.2, -0.15) is 0 Å². The van der Waals surface area contributed by atoms with Crippen LogP contribution in [0.5, 0.6) is 0 Å². The highest BCUT2D eigenvalue weighted by Crippen LogP contribution is 2.16. The number of benzene rings is 1. The lowest BCUT2D eigenvalue weighted by molar-refractivity contribution is 0.0526. The minimum Gasteiger partial charge on any atom is -0.462 e. The molecule has 28 heavy (non-hydrogen) atoms. The fourth-order valence-corrected chi connectivity index (χ4v) is 3.10. The van der Waals surface area contributed by atoms with E-state index < -0.39 is 0 Å². The van der Waals surface area contributed by atoms with Gasteiger partial charge in [-0.05, 0) is 44.5 Å². The van der Waals surface area contributed by atoms with Gasteiger partial charge < -0.3 is 19.9 Å². The van der Waals surface area contributed by atoms with E-state index in [9.17, 15) is 9.59 Å². The molecule has 1 saturated heterocycles. The van der Waals surface area contributed by atoms with Crippen molar-refractivity contribution in [2.75, 3.05) is 43.0 Å². The molecule has 148 valence electrons. The fraction of sp³-hybridized carbons (Fsp3) is 0.381. The van der Waals surface area contributed by atoms with E-state index in [4.69, 9.17) is 4.74 Å². The number of hydrogen-bond acceptors (Lipinski definition) is 5. The van der Waals surface area contributed by atoms with E-state index in [1.807, 2.05) is 42.2 Å².